The van der Waals surface area contributed by atoms with E-state index in [9.17, 15) is 0 Å². The molecule has 0 unspecified atom stereocenters. The van der Waals surface area contributed by atoms with Gasteiger partial charge < -0.3 is 10.2 Å². The van der Waals surface area contributed by atoms with Crippen LogP contribution in [0.4, 0.5) is 0 Å². The molecule has 1 saturated heterocycles. The number of aromatic nitrogens is 1. The van der Waals surface area contributed by atoms with Gasteiger partial charge in [0.05, 0.1) is 0 Å². The number of hydrogen-bond acceptors (Lipinski definition) is 4. The summed E-state index contributed by atoms with van der Waals surface area (Å²) in [5.41, 5.74) is 5.05. The Labute approximate surface area is 158 Å². The molecule has 1 fully saturated rings. The van der Waals surface area contributed by atoms with Crippen molar-refractivity contribution >= 4 is 17.5 Å². The molecule has 0 saturated carbocycles. The molecule has 2 heterocycles. The molecular formula is C21H24N2O4. The van der Waals surface area contributed by atoms with Gasteiger partial charge in [-0.15, -0.1) is 0 Å². The fraction of sp³-hybridized carbons (Fsp3) is 0.286. The number of carboxylic acid groups (broad SMARTS) is 2. The lowest BCUT2D eigenvalue weighted by molar-refractivity contribution is -0.159. The van der Waals surface area contributed by atoms with Crippen molar-refractivity contribution in [1.82, 2.24) is 9.88 Å². The highest BCUT2D eigenvalue weighted by Crippen LogP contribution is 2.23. The van der Waals surface area contributed by atoms with Gasteiger partial charge in [0.1, 0.15) is 0 Å². The van der Waals surface area contributed by atoms with Gasteiger partial charge in [0.2, 0.25) is 0 Å². The van der Waals surface area contributed by atoms with E-state index in [4.69, 9.17) is 19.8 Å². The second kappa shape index (κ2) is 10.2. The molecule has 1 aliphatic heterocycles. The van der Waals surface area contributed by atoms with Gasteiger partial charge in [-0.1, -0.05) is 42.0 Å². The van der Waals surface area contributed by atoms with E-state index in [0.29, 0.717) is 0 Å². The first-order chi connectivity index (χ1) is 13.0. The molecule has 0 bridgehead atoms. The Hall–Kier alpha value is -2.99. The second-order valence-electron chi connectivity index (χ2n) is 6.34. The van der Waals surface area contributed by atoms with E-state index in [1.54, 1.807) is 0 Å². The van der Waals surface area contributed by atoms with E-state index in [-0.39, 0.29) is 0 Å². The zero-order valence-electron chi connectivity index (χ0n) is 15.3. The van der Waals surface area contributed by atoms with Crippen molar-refractivity contribution in [3.63, 3.8) is 0 Å². The van der Waals surface area contributed by atoms with Gasteiger partial charge in [-0.05, 0) is 50.1 Å². The van der Waals surface area contributed by atoms with Crippen LogP contribution in [0.15, 0.2) is 54.9 Å². The summed E-state index contributed by atoms with van der Waals surface area (Å²) >= 11 is 0. The van der Waals surface area contributed by atoms with Crippen molar-refractivity contribution in [2.45, 2.75) is 19.8 Å². The average molecular weight is 368 g/mol. The summed E-state index contributed by atoms with van der Waals surface area (Å²) in [7, 11) is 0. The maximum Gasteiger partial charge on any atom is 0.414 e. The van der Waals surface area contributed by atoms with Gasteiger partial charge in [0.15, 0.2) is 0 Å². The monoisotopic (exact) mass is 368 g/mol. The highest BCUT2D eigenvalue weighted by atomic mass is 16.4. The zero-order valence-corrected chi connectivity index (χ0v) is 15.3. The Bertz CT molecular complexity index is 768. The third-order valence-corrected chi connectivity index (χ3v) is 4.27. The summed E-state index contributed by atoms with van der Waals surface area (Å²) in [6, 6.07) is 12.9. The Morgan fingerprint density at radius 3 is 2.19 bits per heavy atom. The molecule has 0 radical (unpaired) electrons. The third-order valence-electron chi connectivity index (χ3n) is 4.27. The second-order valence-corrected chi connectivity index (χ2v) is 6.34. The first-order valence-corrected chi connectivity index (χ1v) is 8.83. The summed E-state index contributed by atoms with van der Waals surface area (Å²) in [5, 5.41) is 14.8. The number of aryl methyl sites for hydroxylation is 1. The number of aliphatic carboxylic acids is 2. The number of rotatable bonds is 4. The Morgan fingerprint density at radius 1 is 1.04 bits per heavy atom. The lowest BCUT2D eigenvalue weighted by Crippen LogP contribution is -2.19. The minimum absolute atomic E-state index is 1.03. The lowest BCUT2D eigenvalue weighted by Gasteiger charge is -2.14. The van der Waals surface area contributed by atoms with Crippen LogP contribution in [0.2, 0.25) is 0 Å². The molecule has 0 aliphatic carbocycles. The summed E-state index contributed by atoms with van der Waals surface area (Å²) in [5.74, 6) is -3.65. The number of pyridine rings is 1. The van der Waals surface area contributed by atoms with Crippen LogP contribution in [0, 0.1) is 6.92 Å². The van der Waals surface area contributed by atoms with Crippen molar-refractivity contribution in [1.29, 1.82) is 0 Å². The molecule has 3 rings (SSSR count). The van der Waals surface area contributed by atoms with Gasteiger partial charge in [-0.25, -0.2) is 9.59 Å². The number of hydrogen-bond donors (Lipinski definition) is 2. The van der Waals surface area contributed by atoms with E-state index in [1.165, 1.54) is 48.2 Å². The molecule has 1 aromatic heterocycles. The molecule has 1 aromatic carbocycles. The van der Waals surface area contributed by atoms with Gasteiger partial charge in [-0.2, -0.15) is 0 Å². The zero-order chi connectivity index (χ0) is 19.6. The van der Waals surface area contributed by atoms with Crippen molar-refractivity contribution in [2.75, 3.05) is 19.6 Å². The molecule has 27 heavy (non-hydrogen) atoms. The van der Waals surface area contributed by atoms with Crippen molar-refractivity contribution in [3.8, 4) is 0 Å². The number of carbonyl (C=O) groups is 2. The standard InChI is InChI=1S/C19H22N2.C2H2O4/c1-16-6-8-17(9-7-16)19(18-5-4-11-20-15-18)10-14-21-12-2-3-13-21;3-1(4)2(5)6/h4-11,15H,2-3,12-14H2,1H3;(H,3,4)(H,5,6)/b19-10+;. The quantitative estimate of drug-likeness (QED) is 0.806. The van der Waals surface area contributed by atoms with E-state index in [0.717, 1.165) is 6.54 Å². The lowest BCUT2D eigenvalue weighted by atomic mass is 9.98. The summed E-state index contributed by atoms with van der Waals surface area (Å²) in [6.45, 7) is 5.61. The first-order valence-electron chi connectivity index (χ1n) is 8.83. The molecular weight excluding hydrogens is 344 g/mol. The first kappa shape index (κ1) is 20.3. The van der Waals surface area contributed by atoms with E-state index >= 15 is 0 Å². The normalized spacial score (nSPS) is 14.3. The predicted octanol–water partition coefficient (Wildman–Crippen LogP) is 3.07. The Kier molecular flexibility index (Phi) is 7.70. The largest absolute Gasteiger partial charge is 0.473 e. The minimum atomic E-state index is -1.82. The minimum Gasteiger partial charge on any atom is -0.473 e. The molecule has 0 atom stereocenters. The number of nitrogens with zero attached hydrogens (tertiary/aromatic N) is 2. The number of likely N-dealkylation sites (tertiary alicyclic amines) is 1. The molecule has 6 nitrogen and oxygen atoms in total. The molecule has 6 heteroatoms. The molecule has 0 amide bonds. The number of carboxylic acids is 2. The fourth-order valence-corrected chi connectivity index (χ4v) is 2.84. The molecule has 2 aromatic rings. The van der Waals surface area contributed by atoms with Crippen molar-refractivity contribution in [3.05, 3.63) is 71.6 Å². The third kappa shape index (κ3) is 6.67. The van der Waals surface area contributed by atoms with Crippen molar-refractivity contribution < 1.29 is 19.8 Å². The van der Waals surface area contributed by atoms with Crippen LogP contribution >= 0.6 is 0 Å². The maximum atomic E-state index is 9.10. The molecule has 0 spiro atoms. The van der Waals surface area contributed by atoms with Gasteiger partial charge in [0.25, 0.3) is 0 Å². The van der Waals surface area contributed by atoms with E-state index in [1.807, 2.05) is 18.5 Å². The highest BCUT2D eigenvalue weighted by molar-refractivity contribution is 6.27. The van der Waals surface area contributed by atoms with Crippen LogP contribution in [0.1, 0.15) is 29.5 Å². The van der Waals surface area contributed by atoms with E-state index < -0.39 is 11.9 Å². The topological polar surface area (TPSA) is 90.7 Å². The van der Waals surface area contributed by atoms with Crippen molar-refractivity contribution in [2.24, 2.45) is 0 Å². The highest BCUT2D eigenvalue weighted by Gasteiger charge is 2.11. The van der Waals surface area contributed by atoms with Crippen LogP contribution < -0.4 is 0 Å². The smallest absolute Gasteiger partial charge is 0.414 e. The van der Waals surface area contributed by atoms with Gasteiger partial charge in [0, 0.05) is 24.5 Å². The average Bonchev–Trinajstić information content (AvgIpc) is 3.18. The Balaban J connectivity index is 0.000000380. The molecule has 1 aliphatic rings. The maximum absolute atomic E-state index is 9.10. The van der Waals surface area contributed by atoms with Crippen LogP contribution in [0.25, 0.3) is 5.57 Å². The predicted molar refractivity (Wildman–Crippen MR) is 103 cm³/mol. The van der Waals surface area contributed by atoms with Crippen LogP contribution in [-0.4, -0.2) is 51.7 Å². The van der Waals surface area contributed by atoms with Gasteiger partial charge >= 0.3 is 11.9 Å². The number of benzene rings is 1. The summed E-state index contributed by atoms with van der Waals surface area (Å²) in [4.78, 5) is 25.0. The SMILES string of the molecule is Cc1ccc(/C(=C\CN2CCCC2)c2cccnc2)cc1.O=C(O)C(=O)O. The van der Waals surface area contributed by atoms with Gasteiger partial charge in [-0.3, -0.25) is 9.88 Å². The Morgan fingerprint density at radius 2 is 1.67 bits per heavy atom. The summed E-state index contributed by atoms with van der Waals surface area (Å²) < 4.78 is 0. The van der Waals surface area contributed by atoms with E-state index in [2.05, 4.69) is 53.2 Å². The van der Waals surface area contributed by atoms with Crippen LogP contribution in [0.5, 0.6) is 0 Å². The van der Waals surface area contributed by atoms with Crippen LogP contribution in [0.3, 0.4) is 0 Å². The van der Waals surface area contributed by atoms with Crippen LogP contribution in [-0.2, 0) is 9.59 Å². The molecule has 142 valence electrons. The summed E-state index contributed by atoms with van der Waals surface area (Å²) in [6.07, 6.45) is 8.81. The molecule has 2 N–H and O–H groups in total. The fourth-order valence-electron chi connectivity index (χ4n) is 2.84.